The van der Waals surface area contributed by atoms with E-state index in [1.165, 1.54) is 179 Å². The predicted molar refractivity (Wildman–Crippen MR) is 263 cm³/mol. The maximum Gasteiger partial charge on any atom is 0.0880 e. The highest BCUT2D eigenvalue weighted by atomic mass is 16.5. The molecular weight excluding hydrogens is 705 g/mol. The molecule has 0 aromatic carbocycles. The molecule has 0 saturated carbocycles. The number of rotatable bonds is 43. The second-order valence-electron chi connectivity index (χ2n) is 21.3. The van der Waals surface area contributed by atoms with Crippen LogP contribution in [-0.2, 0) is 4.74 Å². The molecule has 0 bridgehead atoms. The molecule has 0 aliphatic rings. The van der Waals surface area contributed by atoms with Gasteiger partial charge >= 0.3 is 0 Å². The monoisotopic (exact) mass is 815 g/mol. The van der Waals surface area contributed by atoms with Crippen LogP contribution in [0.15, 0.2) is 23.8 Å². The van der Waals surface area contributed by atoms with Gasteiger partial charge in [-0.1, -0.05) is 227 Å². The lowest BCUT2D eigenvalue weighted by atomic mass is 9.86. The van der Waals surface area contributed by atoms with E-state index in [0.29, 0.717) is 0 Å². The Morgan fingerprint density at radius 2 is 0.897 bits per heavy atom. The molecule has 1 N–H and O–H groups in total. The van der Waals surface area contributed by atoms with Crippen LogP contribution in [0.3, 0.4) is 0 Å². The van der Waals surface area contributed by atoms with Gasteiger partial charge in [0.15, 0.2) is 0 Å². The molecule has 0 heterocycles. The van der Waals surface area contributed by atoms with Crippen LogP contribution >= 0.6 is 0 Å². The quantitative estimate of drug-likeness (QED) is 0.0491. The summed E-state index contributed by atoms with van der Waals surface area (Å²) >= 11 is 0. The van der Waals surface area contributed by atoms with Crippen molar-refractivity contribution in [2.24, 2.45) is 35.5 Å². The third-order valence-corrected chi connectivity index (χ3v) is 13.5. The van der Waals surface area contributed by atoms with E-state index >= 15 is 0 Å². The number of allylic oxidation sites excluding steroid dienone is 4. The fraction of sp³-hybridized carbons (Fsp3) is 0.929. The van der Waals surface area contributed by atoms with Crippen molar-refractivity contribution in [3.8, 4) is 0 Å². The zero-order valence-electron chi connectivity index (χ0n) is 42.0. The minimum Gasteiger partial charge on any atom is -0.387 e. The summed E-state index contributed by atoms with van der Waals surface area (Å²) in [4.78, 5) is 0. The lowest BCUT2D eigenvalue weighted by Gasteiger charge is -2.33. The first-order chi connectivity index (χ1) is 27.8. The van der Waals surface area contributed by atoms with Gasteiger partial charge in [0.05, 0.1) is 11.7 Å². The van der Waals surface area contributed by atoms with Gasteiger partial charge in [0.2, 0.25) is 0 Å². The summed E-state index contributed by atoms with van der Waals surface area (Å²) in [7, 11) is 0. The van der Waals surface area contributed by atoms with Gasteiger partial charge in [-0.15, -0.1) is 0 Å². The van der Waals surface area contributed by atoms with E-state index in [1.54, 1.807) is 0 Å². The summed E-state index contributed by atoms with van der Waals surface area (Å²) in [5.41, 5.74) is 0.752. The number of ether oxygens (including phenoxy) is 1. The molecule has 0 saturated heterocycles. The molecule has 2 heteroatoms. The highest BCUT2D eigenvalue weighted by molar-refractivity contribution is 4.99. The van der Waals surface area contributed by atoms with Gasteiger partial charge in [-0.2, -0.15) is 0 Å². The van der Waals surface area contributed by atoms with Crippen LogP contribution in [0.25, 0.3) is 0 Å². The molecule has 0 fully saturated rings. The summed E-state index contributed by atoms with van der Waals surface area (Å²) < 4.78 is 6.60. The van der Waals surface area contributed by atoms with Crippen LogP contribution in [-0.4, -0.2) is 23.4 Å². The molecule has 0 aliphatic carbocycles. The Bertz CT molecular complexity index is 914. The van der Waals surface area contributed by atoms with E-state index in [-0.39, 0.29) is 6.10 Å². The third kappa shape index (κ3) is 38.3. The van der Waals surface area contributed by atoms with Crippen LogP contribution in [0.4, 0.5) is 0 Å². The van der Waals surface area contributed by atoms with E-state index in [1.807, 2.05) is 0 Å². The SMILES string of the molecule is CCCCCCCCC=CCCCCCCOC(CC/C=C(\C)CCC[C@H](C)CCC[C@H](C)CCCC(C)C)C(C)(O)CCC[C@H](C)CCC[C@H](C)CCCC(C)C. The Morgan fingerprint density at radius 1 is 0.483 bits per heavy atom. The molecule has 58 heavy (non-hydrogen) atoms. The maximum absolute atomic E-state index is 11.9. The van der Waals surface area contributed by atoms with Crippen molar-refractivity contribution in [1.29, 1.82) is 0 Å². The van der Waals surface area contributed by atoms with Crippen LogP contribution in [0.2, 0.25) is 0 Å². The fourth-order valence-corrected chi connectivity index (χ4v) is 9.03. The summed E-state index contributed by atoms with van der Waals surface area (Å²) in [5.74, 6) is 4.99. The zero-order chi connectivity index (χ0) is 43.3. The fourth-order valence-electron chi connectivity index (χ4n) is 9.03. The number of hydrogen-bond donors (Lipinski definition) is 1. The van der Waals surface area contributed by atoms with Gasteiger partial charge in [-0.25, -0.2) is 0 Å². The van der Waals surface area contributed by atoms with E-state index < -0.39 is 5.60 Å². The smallest absolute Gasteiger partial charge is 0.0880 e. The molecule has 0 spiro atoms. The van der Waals surface area contributed by atoms with Gasteiger partial charge in [0.1, 0.15) is 0 Å². The average Bonchev–Trinajstić information content (AvgIpc) is 3.15. The molecule has 0 aromatic heterocycles. The maximum atomic E-state index is 11.9. The largest absolute Gasteiger partial charge is 0.387 e. The van der Waals surface area contributed by atoms with E-state index in [9.17, 15) is 5.11 Å². The van der Waals surface area contributed by atoms with E-state index in [2.05, 4.69) is 94.4 Å². The first-order valence-electron chi connectivity index (χ1n) is 26.4. The minimum absolute atomic E-state index is 0.0868. The number of hydrogen-bond acceptors (Lipinski definition) is 2. The van der Waals surface area contributed by atoms with Crippen LogP contribution in [0, 0.1) is 35.5 Å². The Labute approximate surface area is 367 Å². The van der Waals surface area contributed by atoms with Crippen molar-refractivity contribution in [2.75, 3.05) is 6.61 Å². The molecule has 2 nitrogen and oxygen atoms in total. The summed E-state index contributed by atoms with van der Waals surface area (Å²) in [6.07, 6.45) is 48.4. The molecule has 0 aliphatic heterocycles. The Balaban J connectivity index is 4.75. The van der Waals surface area contributed by atoms with Crippen molar-refractivity contribution in [3.63, 3.8) is 0 Å². The highest BCUT2D eigenvalue weighted by Crippen LogP contribution is 2.29. The standard InChI is InChI=1S/C56H110O2/c1-12-13-14-15-16-17-18-19-20-21-22-23-24-25-47-58-55(56(11,57)46-32-44-54(10)42-30-38-51(7)36-27-34-49(4)5)45-31-43-53(9)41-29-40-52(8)39-28-37-50(6)35-26-33-48(2)3/h19-20,43,48-52,54-55,57H,12-18,21-42,44-47H2,1-11H3/b20-19?,53-43+/t50-,51-,52-,54-,55?,56?/m1/s1. The molecular formula is C56H110O2. The van der Waals surface area contributed by atoms with Crippen LogP contribution < -0.4 is 0 Å². The Morgan fingerprint density at radius 3 is 1.38 bits per heavy atom. The van der Waals surface area contributed by atoms with Gasteiger partial charge in [0.25, 0.3) is 0 Å². The summed E-state index contributed by atoms with van der Waals surface area (Å²) in [6, 6.07) is 0. The topological polar surface area (TPSA) is 29.5 Å². The van der Waals surface area contributed by atoms with Crippen molar-refractivity contribution >= 4 is 0 Å². The molecule has 6 atom stereocenters. The number of aliphatic hydroxyl groups is 1. The van der Waals surface area contributed by atoms with Gasteiger partial charge < -0.3 is 9.84 Å². The lowest BCUT2D eigenvalue weighted by Crippen LogP contribution is -2.41. The molecule has 0 rings (SSSR count). The molecule has 0 amide bonds. The van der Waals surface area contributed by atoms with E-state index in [0.717, 1.165) is 74.2 Å². The first kappa shape index (κ1) is 57.4. The molecule has 2 unspecified atom stereocenters. The van der Waals surface area contributed by atoms with Crippen molar-refractivity contribution < 1.29 is 9.84 Å². The summed E-state index contributed by atoms with van der Waals surface area (Å²) in [6.45, 7) is 26.7. The van der Waals surface area contributed by atoms with Gasteiger partial charge in [-0.3, -0.25) is 0 Å². The molecule has 0 radical (unpaired) electrons. The van der Waals surface area contributed by atoms with Crippen molar-refractivity contribution in [3.05, 3.63) is 23.8 Å². The summed E-state index contributed by atoms with van der Waals surface area (Å²) in [5, 5.41) is 11.9. The Hall–Kier alpha value is -0.600. The predicted octanol–water partition coefficient (Wildman–Crippen LogP) is 19.0. The molecule has 346 valence electrons. The normalized spacial score (nSPS) is 16.3. The van der Waals surface area contributed by atoms with E-state index in [4.69, 9.17) is 4.74 Å². The van der Waals surface area contributed by atoms with Crippen molar-refractivity contribution in [1.82, 2.24) is 0 Å². The zero-order valence-corrected chi connectivity index (χ0v) is 42.0. The first-order valence-corrected chi connectivity index (χ1v) is 26.4. The highest BCUT2D eigenvalue weighted by Gasteiger charge is 2.32. The second-order valence-corrected chi connectivity index (χ2v) is 21.3. The average molecular weight is 815 g/mol. The van der Waals surface area contributed by atoms with Crippen LogP contribution in [0.5, 0.6) is 0 Å². The molecule has 0 aromatic rings. The minimum atomic E-state index is -0.769. The second kappa shape index (κ2) is 39.3. The van der Waals surface area contributed by atoms with Gasteiger partial charge in [-0.05, 0) is 114 Å². The van der Waals surface area contributed by atoms with Gasteiger partial charge in [0, 0.05) is 6.61 Å². The number of unbranched alkanes of at least 4 members (excludes halogenated alkanes) is 10. The lowest BCUT2D eigenvalue weighted by molar-refractivity contribution is -0.107. The third-order valence-electron chi connectivity index (χ3n) is 13.5. The van der Waals surface area contributed by atoms with Crippen LogP contribution in [0.1, 0.15) is 282 Å². The Kier molecular flexibility index (Phi) is 38.9. The van der Waals surface area contributed by atoms with Crippen molar-refractivity contribution in [2.45, 2.75) is 293 Å².